The number of piperidine rings is 1. The SMILES string of the molecule is Cc1nc(N2CCC(CN(C)S(C)(=O)=O)CC2)cc(C(F)(F)F)n1. The van der Waals surface area contributed by atoms with Crippen LogP contribution in [0.1, 0.15) is 24.4 Å². The zero-order chi connectivity index (χ0) is 18.1. The van der Waals surface area contributed by atoms with Gasteiger partial charge in [-0.25, -0.2) is 22.7 Å². The lowest BCUT2D eigenvalue weighted by molar-refractivity contribution is -0.141. The van der Waals surface area contributed by atoms with E-state index in [1.165, 1.54) is 18.3 Å². The number of sulfonamides is 1. The van der Waals surface area contributed by atoms with Gasteiger partial charge in [-0.15, -0.1) is 0 Å². The van der Waals surface area contributed by atoms with Crippen molar-refractivity contribution in [2.24, 2.45) is 5.92 Å². The molecule has 24 heavy (non-hydrogen) atoms. The van der Waals surface area contributed by atoms with E-state index < -0.39 is 21.9 Å². The average Bonchev–Trinajstić information content (AvgIpc) is 2.45. The molecule has 6 nitrogen and oxygen atoms in total. The minimum absolute atomic E-state index is 0.0822. The molecular formula is C14H21F3N4O2S. The Morgan fingerprint density at radius 1 is 1.29 bits per heavy atom. The van der Waals surface area contributed by atoms with Crippen LogP contribution in [-0.4, -0.2) is 55.6 Å². The van der Waals surface area contributed by atoms with Gasteiger partial charge in [-0.2, -0.15) is 13.2 Å². The van der Waals surface area contributed by atoms with Crippen LogP contribution < -0.4 is 4.90 Å². The van der Waals surface area contributed by atoms with E-state index in [2.05, 4.69) is 9.97 Å². The molecule has 10 heteroatoms. The molecule has 0 amide bonds. The molecule has 0 spiro atoms. The van der Waals surface area contributed by atoms with Gasteiger partial charge in [-0.3, -0.25) is 0 Å². The summed E-state index contributed by atoms with van der Waals surface area (Å²) < 4.78 is 62.8. The van der Waals surface area contributed by atoms with Crippen molar-refractivity contribution in [3.63, 3.8) is 0 Å². The number of hydrogen-bond donors (Lipinski definition) is 0. The summed E-state index contributed by atoms with van der Waals surface area (Å²) in [6.45, 7) is 2.93. The fraction of sp³-hybridized carbons (Fsp3) is 0.714. The predicted molar refractivity (Wildman–Crippen MR) is 84.2 cm³/mol. The van der Waals surface area contributed by atoms with Crippen molar-refractivity contribution >= 4 is 15.8 Å². The molecule has 136 valence electrons. The number of aromatic nitrogens is 2. The molecule has 0 aliphatic carbocycles. The van der Waals surface area contributed by atoms with E-state index in [0.29, 0.717) is 32.5 Å². The van der Waals surface area contributed by atoms with Gasteiger partial charge < -0.3 is 4.90 Å². The van der Waals surface area contributed by atoms with E-state index in [9.17, 15) is 21.6 Å². The number of hydrogen-bond acceptors (Lipinski definition) is 5. The van der Waals surface area contributed by atoms with Gasteiger partial charge in [0.1, 0.15) is 17.3 Å². The molecule has 1 saturated heterocycles. The Kier molecular flexibility index (Phi) is 5.38. The molecular weight excluding hydrogens is 345 g/mol. The van der Waals surface area contributed by atoms with E-state index in [4.69, 9.17) is 0 Å². The topological polar surface area (TPSA) is 66.4 Å². The van der Waals surface area contributed by atoms with Crippen molar-refractivity contribution in [3.8, 4) is 0 Å². The maximum atomic E-state index is 12.9. The molecule has 0 radical (unpaired) electrons. The Morgan fingerprint density at radius 3 is 2.38 bits per heavy atom. The van der Waals surface area contributed by atoms with Gasteiger partial charge in [0.25, 0.3) is 0 Å². The summed E-state index contributed by atoms with van der Waals surface area (Å²) in [6, 6.07) is 0.968. The Balaban J connectivity index is 2.04. The molecule has 1 aliphatic rings. The van der Waals surface area contributed by atoms with Crippen LogP contribution >= 0.6 is 0 Å². The summed E-state index contributed by atoms with van der Waals surface area (Å²) in [4.78, 5) is 9.34. The monoisotopic (exact) mass is 366 g/mol. The molecule has 0 N–H and O–H groups in total. The summed E-state index contributed by atoms with van der Waals surface area (Å²) >= 11 is 0. The molecule has 0 atom stereocenters. The molecule has 0 saturated carbocycles. The first-order valence-corrected chi connectivity index (χ1v) is 9.41. The standard InChI is InChI=1S/C14H21F3N4O2S/c1-10-18-12(14(15,16)17)8-13(19-10)21-6-4-11(5-7-21)9-20(2)24(3,22)23/h8,11H,4-7,9H2,1-3H3. The first kappa shape index (κ1) is 18.9. The van der Waals surface area contributed by atoms with E-state index in [0.717, 1.165) is 12.3 Å². The lowest BCUT2D eigenvalue weighted by Gasteiger charge is -2.34. The Hall–Kier alpha value is -1.42. The number of aryl methyl sites for hydroxylation is 1. The van der Waals surface area contributed by atoms with Crippen LogP contribution in [0.3, 0.4) is 0 Å². The summed E-state index contributed by atoms with van der Waals surface area (Å²) in [5.74, 6) is 0.537. The van der Waals surface area contributed by atoms with Gasteiger partial charge in [0.2, 0.25) is 10.0 Å². The molecule has 0 unspecified atom stereocenters. The lowest BCUT2D eigenvalue weighted by Crippen LogP contribution is -2.39. The van der Waals surface area contributed by atoms with E-state index in [-0.39, 0.29) is 17.6 Å². The molecule has 1 aliphatic heterocycles. The maximum absolute atomic E-state index is 12.9. The van der Waals surface area contributed by atoms with E-state index in [1.54, 1.807) is 4.90 Å². The quantitative estimate of drug-likeness (QED) is 0.814. The third-order valence-electron chi connectivity index (χ3n) is 4.13. The molecule has 0 bridgehead atoms. The number of nitrogens with zero attached hydrogens (tertiary/aromatic N) is 4. The number of rotatable bonds is 4. The minimum Gasteiger partial charge on any atom is -0.356 e. The smallest absolute Gasteiger partial charge is 0.356 e. The van der Waals surface area contributed by atoms with E-state index in [1.807, 2.05) is 0 Å². The highest BCUT2D eigenvalue weighted by Crippen LogP contribution is 2.31. The van der Waals surface area contributed by atoms with Gasteiger partial charge >= 0.3 is 6.18 Å². The van der Waals surface area contributed by atoms with Crippen LogP contribution in [0.4, 0.5) is 19.0 Å². The lowest BCUT2D eigenvalue weighted by atomic mass is 9.97. The van der Waals surface area contributed by atoms with Crippen molar-refractivity contribution in [1.29, 1.82) is 0 Å². The second kappa shape index (κ2) is 6.83. The van der Waals surface area contributed by atoms with Crippen LogP contribution in [-0.2, 0) is 16.2 Å². The molecule has 1 fully saturated rings. The second-order valence-corrected chi connectivity index (χ2v) is 8.22. The second-order valence-electron chi connectivity index (χ2n) is 6.13. The number of halogens is 3. The van der Waals surface area contributed by atoms with Crippen LogP contribution in [0.15, 0.2) is 6.07 Å². The zero-order valence-corrected chi connectivity index (χ0v) is 14.7. The highest BCUT2D eigenvalue weighted by molar-refractivity contribution is 7.88. The Bertz CT molecular complexity index is 686. The van der Waals surface area contributed by atoms with Crippen LogP contribution in [0.25, 0.3) is 0 Å². The number of anilines is 1. The first-order chi connectivity index (χ1) is 11.0. The zero-order valence-electron chi connectivity index (χ0n) is 13.8. The van der Waals surface area contributed by atoms with Gasteiger partial charge in [0.05, 0.1) is 6.26 Å². The normalized spacial score (nSPS) is 17.5. The highest BCUT2D eigenvalue weighted by Gasteiger charge is 2.34. The Labute approximate surface area is 139 Å². The molecule has 2 heterocycles. The first-order valence-electron chi connectivity index (χ1n) is 7.56. The van der Waals surface area contributed by atoms with Crippen LogP contribution in [0.2, 0.25) is 0 Å². The Morgan fingerprint density at radius 2 is 1.88 bits per heavy atom. The summed E-state index contributed by atoms with van der Waals surface area (Å²) in [5.41, 5.74) is -0.941. The summed E-state index contributed by atoms with van der Waals surface area (Å²) in [7, 11) is -1.69. The third-order valence-corrected chi connectivity index (χ3v) is 5.42. The van der Waals surface area contributed by atoms with Crippen LogP contribution in [0.5, 0.6) is 0 Å². The molecule has 1 aromatic heterocycles. The van der Waals surface area contributed by atoms with Crippen molar-refractivity contribution < 1.29 is 21.6 Å². The molecule has 2 rings (SSSR count). The van der Waals surface area contributed by atoms with Gasteiger partial charge in [-0.1, -0.05) is 0 Å². The van der Waals surface area contributed by atoms with Crippen molar-refractivity contribution in [2.75, 3.05) is 37.8 Å². The average molecular weight is 366 g/mol. The van der Waals surface area contributed by atoms with Gasteiger partial charge in [0.15, 0.2) is 0 Å². The van der Waals surface area contributed by atoms with Gasteiger partial charge in [-0.05, 0) is 25.7 Å². The van der Waals surface area contributed by atoms with E-state index >= 15 is 0 Å². The minimum atomic E-state index is -4.50. The van der Waals surface area contributed by atoms with Crippen molar-refractivity contribution in [2.45, 2.75) is 25.9 Å². The fourth-order valence-corrected chi connectivity index (χ4v) is 3.18. The predicted octanol–water partition coefficient (Wildman–Crippen LogP) is 1.91. The number of alkyl halides is 3. The summed E-state index contributed by atoms with van der Waals surface area (Å²) in [5, 5.41) is 0. The third kappa shape index (κ3) is 4.79. The van der Waals surface area contributed by atoms with Crippen molar-refractivity contribution in [1.82, 2.24) is 14.3 Å². The van der Waals surface area contributed by atoms with Gasteiger partial charge in [0, 0.05) is 32.7 Å². The maximum Gasteiger partial charge on any atom is 0.433 e. The highest BCUT2D eigenvalue weighted by atomic mass is 32.2. The summed E-state index contributed by atoms with van der Waals surface area (Å²) in [6.07, 6.45) is -1.95. The molecule has 1 aromatic rings. The van der Waals surface area contributed by atoms with Crippen LogP contribution in [0, 0.1) is 12.8 Å². The van der Waals surface area contributed by atoms with Crippen molar-refractivity contribution in [3.05, 3.63) is 17.6 Å². The fourth-order valence-electron chi connectivity index (χ4n) is 2.70. The largest absolute Gasteiger partial charge is 0.433 e. The molecule has 0 aromatic carbocycles.